The lowest BCUT2D eigenvalue weighted by molar-refractivity contribution is -0.166. The maximum absolute atomic E-state index is 14.4. The molecule has 0 spiro atoms. The molecule has 1 aliphatic rings. The predicted molar refractivity (Wildman–Crippen MR) is 165 cm³/mol. The van der Waals surface area contributed by atoms with Crippen molar-refractivity contribution in [2.75, 3.05) is 0 Å². The van der Waals surface area contributed by atoms with Gasteiger partial charge in [0.25, 0.3) is 0 Å². The van der Waals surface area contributed by atoms with Gasteiger partial charge in [-0.25, -0.2) is 0 Å². The van der Waals surface area contributed by atoms with E-state index in [1.807, 2.05) is 13.8 Å². The Bertz CT molecular complexity index is 863. The molecule has 0 saturated carbocycles. The summed E-state index contributed by atoms with van der Waals surface area (Å²) in [6.45, 7) is 22.8. The average molecular weight is 563 g/mol. The molecule has 3 amide bonds. The van der Waals surface area contributed by atoms with Crippen LogP contribution in [0.1, 0.15) is 160 Å². The van der Waals surface area contributed by atoms with Gasteiger partial charge in [-0.1, -0.05) is 75.7 Å². The fraction of sp³-hybridized carbons (Fsp3) is 0.882. The lowest BCUT2D eigenvalue weighted by Gasteiger charge is -2.57. The van der Waals surface area contributed by atoms with Crippen molar-refractivity contribution < 1.29 is 19.2 Å². The van der Waals surface area contributed by atoms with Gasteiger partial charge in [-0.2, -0.15) is 0 Å². The number of nitrogens with zero attached hydrogens (tertiary/aromatic N) is 1. The van der Waals surface area contributed by atoms with Crippen molar-refractivity contribution in [3.8, 4) is 0 Å². The number of ketones is 1. The van der Waals surface area contributed by atoms with E-state index in [1.165, 1.54) is 0 Å². The van der Waals surface area contributed by atoms with E-state index in [1.54, 1.807) is 4.90 Å². The Kier molecular flexibility index (Phi) is 13.6. The lowest BCUT2D eigenvalue weighted by Crippen LogP contribution is -2.66. The number of carbonyl (C=O) groups excluding carboxylic acids is 4. The van der Waals surface area contributed by atoms with Crippen molar-refractivity contribution in [1.29, 1.82) is 0 Å². The summed E-state index contributed by atoms with van der Waals surface area (Å²) in [7, 11) is 0. The number of imide groups is 1. The quantitative estimate of drug-likeness (QED) is 0.162. The van der Waals surface area contributed by atoms with Gasteiger partial charge in [-0.3, -0.25) is 24.1 Å². The number of nitrogens with one attached hydrogen (secondary N) is 1. The summed E-state index contributed by atoms with van der Waals surface area (Å²) >= 11 is 0. The number of carbonyl (C=O) groups is 4. The number of Topliss-reactive ketones (excluding diaryl/α,β-unsaturated/α-hetero) is 1. The summed E-state index contributed by atoms with van der Waals surface area (Å²) in [6, 6.07) is 0. The van der Waals surface area contributed by atoms with Gasteiger partial charge in [-0.05, 0) is 70.1 Å². The molecule has 1 heterocycles. The lowest BCUT2D eigenvalue weighted by atomic mass is 9.54. The maximum Gasteiger partial charge on any atom is 0.233 e. The van der Waals surface area contributed by atoms with Gasteiger partial charge in [0.05, 0.1) is 17.4 Å². The Hall–Kier alpha value is -1.72. The fourth-order valence-corrected chi connectivity index (χ4v) is 7.64. The van der Waals surface area contributed by atoms with E-state index >= 15 is 0 Å². The summed E-state index contributed by atoms with van der Waals surface area (Å²) in [4.78, 5) is 57.6. The van der Waals surface area contributed by atoms with Crippen molar-refractivity contribution >= 4 is 23.5 Å². The van der Waals surface area contributed by atoms with Crippen molar-refractivity contribution in [1.82, 2.24) is 10.2 Å². The fourth-order valence-electron chi connectivity index (χ4n) is 7.64. The molecule has 0 aromatic rings. The third kappa shape index (κ3) is 6.67. The van der Waals surface area contributed by atoms with Crippen LogP contribution in [0.15, 0.2) is 0 Å². The summed E-state index contributed by atoms with van der Waals surface area (Å²) < 4.78 is 0. The van der Waals surface area contributed by atoms with Crippen molar-refractivity contribution in [2.24, 2.45) is 22.7 Å². The van der Waals surface area contributed by atoms with Crippen LogP contribution in [0.4, 0.5) is 0 Å². The molecule has 0 bridgehead atoms. The SMILES string of the molecule is CCCCC(=O)CC(C(=O)NC(C)(CC)CC)C(CC)(CC)C(CC)(CC)N1C(=O)CC(C(C)(CC)CC)C1=O. The van der Waals surface area contributed by atoms with Crippen molar-refractivity contribution in [2.45, 2.75) is 171 Å². The van der Waals surface area contributed by atoms with E-state index in [0.717, 1.165) is 38.5 Å². The highest BCUT2D eigenvalue weighted by molar-refractivity contribution is 6.05. The molecule has 1 rings (SSSR count). The third-order valence-corrected chi connectivity index (χ3v) is 11.6. The molecule has 1 saturated heterocycles. The minimum atomic E-state index is -0.857. The topological polar surface area (TPSA) is 83.6 Å². The van der Waals surface area contributed by atoms with E-state index in [4.69, 9.17) is 0 Å². The van der Waals surface area contributed by atoms with E-state index in [2.05, 4.69) is 67.6 Å². The first-order valence-corrected chi connectivity index (χ1v) is 16.5. The first-order valence-electron chi connectivity index (χ1n) is 16.5. The summed E-state index contributed by atoms with van der Waals surface area (Å²) in [6.07, 6.45) is 8.02. The molecule has 6 nitrogen and oxygen atoms in total. The van der Waals surface area contributed by atoms with Gasteiger partial charge in [0.15, 0.2) is 0 Å². The van der Waals surface area contributed by atoms with Crippen molar-refractivity contribution in [3.63, 3.8) is 0 Å². The van der Waals surface area contributed by atoms with Gasteiger partial charge in [0.2, 0.25) is 17.7 Å². The maximum atomic E-state index is 14.4. The monoisotopic (exact) mass is 562 g/mol. The van der Waals surface area contributed by atoms with Gasteiger partial charge in [0.1, 0.15) is 5.78 Å². The predicted octanol–water partition coefficient (Wildman–Crippen LogP) is 8.01. The van der Waals surface area contributed by atoms with Crippen molar-refractivity contribution in [3.05, 3.63) is 0 Å². The third-order valence-electron chi connectivity index (χ3n) is 11.6. The minimum Gasteiger partial charge on any atom is -0.351 e. The molecule has 0 aliphatic carbocycles. The summed E-state index contributed by atoms with van der Waals surface area (Å²) in [5.74, 6) is -1.23. The number of unbranched alkanes of at least 4 members (excludes halogenated alkanes) is 1. The van der Waals surface area contributed by atoms with Crippen LogP contribution < -0.4 is 5.32 Å². The molecule has 2 unspecified atom stereocenters. The molecule has 1 aliphatic heterocycles. The number of rotatable bonds is 19. The Morgan fingerprint density at radius 2 is 1.35 bits per heavy atom. The second-order valence-electron chi connectivity index (χ2n) is 12.9. The van der Waals surface area contributed by atoms with Crippen LogP contribution in [-0.2, 0) is 19.2 Å². The Balaban J connectivity index is 3.89. The van der Waals surface area contributed by atoms with E-state index in [9.17, 15) is 19.2 Å². The highest BCUT2D eigenvalue weighted by Crippen LogP contribution is 2.56. The van der Waals surface area contributed by atoms with Gasteiger partial charge in [-0.15, -0.1) is 0 Å². The van der Waals surface area contributed by atoms with Crippen LogP contribution >= 0.6 is 0 Å². The molecule has 0 aromatic heterocycles. The standard InChI is InChI=1S/C34H62N2O4/c1-12-21-22-25(37)23-26(29(39)35-32(11,15-4)16-5)33(17-6,18-7)34(19-8,20-9)36-28(38)24-27(30(36)40)31(10,13-2)14-3/h26-27H,12-24H2,1-11H3,(H,35,39). The van der Waals surface area contributed by atoms with Gasteiger partial charge in [0, 0.05) is 30.2 Å². The number of amides is 3. The minimum absolute atomic E-state index is 0.0883. The van der Waals surface area contributed by atoms with Gasteiger partial charge >= 0.3 is 0 Å². The van der Waals surface area contributed by atoms with E-state index < -0.39 is 16.9 Å². The molecule has 1 fully saturated rings. The Morgan fingerprint density at radius 3 is 1.75 bits per heavy atom. The zero-order valence-corrected chi connectivity index (χ0v) is 27.9. The normalized spacial score (nSPS) is 17.9. The Labute approximate surface area is 246 Å². The second-order valence-corrected chi connectivity index (χ2v) is 12.9. The molecular weight excluding hydrogens is 500 g/mol. The zero-order chi connectivity index (χ0) is 30.9. The molecular formula is C34H62N2O4. The van der Waals surface area contributed by atoms with Crippen LogP contribution in [0.2, 0.25) is 0 Å². The Morgan fingerprint density at radius 1 is 0.825 bits per heavy atom. The van der Waals surface area contributed by atoms with E-state index in [-0.39, 0.29) is 53.2 Å². The van der Waals surface area contributed by atoms with Crippen LogP contribution in [0.3, 0.4) is 0 Å². The highest BCUT2D eigenvalue weighted by Gasteiger charge is 2.63. The summed E-state index contributed by atoms with van der Waals surface area (Å²) in [5, 5.41) is 3.33. The van der Waals surface area contributed by atoms with Crippen LogP contribution in [-0.4, -0.2) is 39.5 Å². The second kappa shape index (κ2) is 15.0. The zero-order valence-electron chi connectivity index (χ0n) is 27.9. The molecule has 0 radical (unpaired) electrons. The number of hydrogen-bond donors (Lipinski definition) is 1. The molecule has 232 valence electrons. The number of likely N-dealkylation sites (tertiary alicyclic amines) is 1. The highest BCUT2D eigenvalue weighted by atomic mass is 16.2. The molecule has 6 heteroatoms. The van der Waals surface area contributed by atoms with E-state index in [0.29, 0.717) is 32.1 Å². The number of hydrogen-bond acceptors (Lipinski definition) is 4. The molecule has 0 aromatic carbocycles. The first-order chi connectivity index (χ1) is 18.8. The molecule has 1 N–H and O–H groups in total. The average Bonchev–Trinajstić information content (AvgIpc) is 3.27. The van der Waals surface area contributed by atoms with Gasteiger partial charge < -0.3 is 5.32 Å². The molecule has 40 heavy (non-hydrogen) atoms. The van der Waals surface area contributed by atoms with Crippen LogP contribution in [0, 0.1) is 22.7 Å². The van der Waals surface area contributed by atoms with Crippen LogP contribution in [0.5, 0.6) is 0 Å². The van der Waals surface area contributed by atoms with Crippen LogP contribution in [0.25, 0.3) is 0 Å². The largest absolute Gasteiger partial charge is 0.351 e. The smallest absolute Gasteiger partial charge is 0.233 e. The first kappa shape index (κ1) is 36.3. The molecule has 2 atom stereocenters. The summed E-state index contributed by atoms with van der Waals surface area (Å²) in [5.41, 5.74) is -2.24.